The molecule has 0 saturated heterocycles. The molecule has 1 aromatic rings. The molecule has 0 aliphatic heterocycles. The summed E-state index contributed by atoms with van der Waals surface area (Å²) in [4.78, 5) is 10.2. The van der Waals surface area contributed by atoms with E-state index in [0.717, 1.165) is 0 Å². The fourth-order valence-electron chi connectivity index (χ4n) is 1.72. The minimum absolute atomic E-state index is 0.0103. The van der Waals surface area contributed by atoms with E-state index in [1.165, 1.54) is 25.3 Å². The first-order valence-electron chi connectivity index (χ1n) is 6.08. The molecule has 1 atom stereocenters. The summed E-state index contributed by atoms with van der Waals surface area (Å²) in [7, 11) is -1.69. The van der Waals surface area contributed by atoms with Crippen molar-refractivity contribution in [2.24, 2.45) is 0 Å². The van der Waals surface area contributed by atoms with Gasteiger partial charge in [0.05, 0.1) is 29.5 Å². The molecule has 20 heavy (non-hydrogen) atoms. The van der Waals surface area contributed by atoms with E-state index in [0.29, 0.717) is 11.4 Å². The van der Waals surface area contributed by atoms with E-state index in [2.05, 4.69) is 5.32 Å². The molecule has 0 radical (unpaired) electrons. The van der Waals surface area contributed by atoms with Gasteiger partial charge >= 0.3 is 0 Å². The number of rotatable bonds is 7. The van der Waals surface area contributed by atoms with Gasteiger partial charge in [0.1, 0.15) is 5.75 Å². The average molecular weight is 302 g/mol. The predicted octanol–water partition coefficient (Wildman–Crippen LogP) is 1.84. The molecule has 0 heterocycles. The van der Waals surface area contributed by atoms with E-state index < -0.39 is 14.8 Å². The monoisotopic (exact) mass is 302 g/mol. The van der Waals surface area contributed by atoms with Crippen LogP contribution in [0.4, 0.5) is 11.4 Å². The molecule has 0 aliphatic rings. The number of nitrogens with zero attached hydrogens (tertiary/aromatic N) is 1. The molecule has 0 aliphatic carbocycles. The van der Waals surface area contributed by atoms with Gasteiger partial charge in [-0.15, -0.1) is 0 Å². The van der Waals surface area contributed by atoms with E-state index in [4.69, 9.17) is 4.74 Å². The number of ether oxygens (including phenoxy) is 1. The maximum Gasteiger partial charge on any atom is 0.273 e. The fraction of sp³-hybridized carbons (Fsp3) is 0.500. The highest BCUT2D eigenvalue weighted by atomic mass is 32.2. The number of anilines is 1. The van der Waals surface area contributed by atoms with Crippen LogP contribution in [-0.4, -0.2) is 38.0 Å². The third-order valence-electron chi connectivity index (χ3n) is 2.74. The Kier molecular flexibility index (Phi) is 5.32. The maximum atomic E-state index is 11.5. The summed E-state index contributed by atoms with van der Waals surface area (Å²) in [6.45, 7) is 3.32. The van der Waals surface area contributed by atoms with Crippen molar-refractivity contribution in [1.82, 2.24) is 0 Å². The normalized spacial score (nSPS) is 12.8. The van der Waals surface area contributed by atoms with E-state index in [1.54, 1.807) is 13.8 Å². The third kappa shape index (κ3) is 4.37. The molecule has 0 fully saturated rings. The van der Waals surface area contributed by atoms with Gasteiger partial charge in [-0.1, -0.05) is 6.92 Å². The van der Waals surface area contributed by atoms with Gasteiger partial charge in [-0.2, -0.15) is 0 Å². The van der Waals surface area contributed by atoms with E-state index >= 15 is 0 Å². The SMILES string of the molecule is CCS(=O)(=O)CC(C)Nc1ccc([N+](=O)[O-])cc1OC. The van der Waals surface area contributed by atoms with Crippen LogP contribution in [0.1, 0.15) is 13.8 Å². The van der Waals surface area contributed by atoms with Gasteiger partial charge in [-0.05, 0) is 13.0 Å². The topological polar surface area (TPSA) is 98.5 Å². The van der Waals surface area contributed by atoms with E-state index in [1.807, 2.05) is 0 Å². The van der Waals surface area contributed by atoms with Crippen molar-refractivity contribution >= 4 is 21.2 Å². The summed E-state index contributed by atoms with van der Waals surface area (Å²) in [5.41, 5.74) is 0.443. The van der Waals surface area contributed by atoms with Gasteiger partial charge in [-0.25, -0.2) is 8.42 Å². The van der Waals surface area contributed by atoms with Crippen molar-refractivity contribution < 1.29 is 18.1 Å². The molecule has 0 saturated carbocycles. The Labute approximate surface area is 118 Å². The van der Waals surface area contributed by atoms with E-state index in [9.17, 15) is 18.5 Å². The zero-order chi connectivity index (χ0) is 15.3. The van der Waals surface area contributed by atoms with Gasteiger partial charge in [0, 0.05) is 17.9 Å². The molecule has 1 rings (SSSR count). The Bertz CT molecular complexity index is 586. The second-order valence-electron chi connectivity index (χ2n) is 4.39. The molecule has 1 N–H and O–H groups in total. The third-order valence-corrected chi connectivity index (χ3v) is 4.63. The molecular formula is C12H18N2O5S. The van der Waals surface area contributed by atoms with Crippen LogP contribution >= 0.6 is 0 Å². The smallest absolute Gasteiger partial charge is 0.273 e. The summed E-state index contributed by atoms with van der Waals surface area (Å²) < 4.78 is 28.2. The van der Waals surface area contributed by atoms with Crippen molar-refractivity contribution in [2.75, 3.05) is 23.9 Å². The first-order chi connectivity index (χ1) is 9.29. The Morgan fingerprint density at radius 2 is 2.10 bits per heavy atom. The van der Waals surface area contributed by atoms with Crippen LogP contribution in [0, 0.1) is 10.1 Å². The largest absolute Gasteiger partial charge is 0.494 e. The molecule has 1 unspecified atom stereocenters. The van der Waals surface area contributed by atoms with Crippen LogP contribution in [0.15, 0.2) is 18.2 Å². The number of nitro groups is 1. The average Bonchev–Trinajstić information content (AvgIpc) is 2.38. The van der Waals surface area contributed by atoms with Gasteiger partial charge in [-0.3, -0.25) is 10.1 Å². The predicted molar refractivity (Wildman–Crippen MR) is 77.1 cm³/mol. The first-order valence-corrected chi connectivity index (χ1v) is 7.90. The maximum absolute atomic E-state index is 11.5. The lowest BCUT2D eigenvalue weighted by molar-refractivity contribution is -0.384. The van der Waals surface area contributed by atoms with Crippen LogP contribution in [0.25, 0.3) is 0 Å². The number of benzene rings is 1. The van der Waals surface area contributed by atoms with Gasteiger partial charge in [0.25, 0.3) is 5.69 Å². The van der Waals surface area contributed by atoms with Crippen LogP contribution in [-0.2, 0) is 9.84 Å². The molecule has 0 amide bonds. The number of hydrogen-bond acceptors (Lipinski definition) is 6. The highest BCUT2D eigenvalue weighted by Crippen LogP contribution is 2.29. The van der Waals surface area contributed by atoms with Crippen LogP contribution in [0.5, 0.6) is 5.75 Å². The highest BCUT2D eigenvalue weighted by Gasteiger charge is 2.16. The molecule has 7 nitrogen and oxygen atoms in total. The summed E-state index contributed by atoms with van der Waals surface area (Å²) >= 11 is 0. The first kappa shape index (κ1) is 16.2. The Morgan fingerprint density at radius 3 is 2.60 bits per heavy atom. The number of methoxy groups -OCH3 is 1. The number of nitro benzene ring substituents is 1. The van der Waals surface area contributed by atoms with Crippen LogP contribution in [0.3, 0.4) is 0 Å². The number of nitrogens with one attached hydrogen (secondary N) is 1. The molecule has 0 aromatic heterocycles. The number of hydrogen-bond donors (Lipinski definition) is 1. The zero-order valence-electron chi connectivity index (χ0n) is 11.6. The summed E-state index contributed by atoms with van der Waals surface area (Å²) in [5, 5.41) is 13.7. The summed E-state index contributed by atoms with van der Waals surface area (Å²) in [6, 6.07) is 3.82. The molecular weight excluding hydrogens is 284 g/mol. The second-order valence-corrected chi connectivity index (χ2v) is 6.78. The van der Waals surface area contributed by atoms with Crippen molar-refractivity contribution in [3.05, 3.63) is 28.3 Å². The van der Waals surface area contributed by atoms with Crippen molar-refractivity contribution in [2.45, 2.75) is 19.9 Å². The van der Waals surface area contributed by atoms with Crippen molar-refractivity contribution in [3.63, 3.8) is 0 Å². The minimum Gasteiger partial charge on any atom is -0.494 e. The molecule has 0 bridgehead atoms. The molecule has 8 heteroatoms. The standard InChI is InChI=1S/C12H18N2O5S/c1-4-20(17,18)8-9(2)13-11-6-5-10(14(15)16)7-12(11)19-3/h5-7,9,13H,4,8H2,1-3H3. The summed E-state index contributed by atoms with van der Waals surface area (Å²) in [6.07, 6.45) is 0. The van der Waals surface area contributed by atoms with E-state index in [-0.39, 0.29) is 23.2 Å². The Morgan fingerprint density at radius 1 is 1.45 bits per heavy atom. The Balaban J connectivity index is 2.89. The molecule has 112 valence electrons. The lowest BCUT2D eigenvalue weighted by Gasteiger charge is -2.17. The van der Waals surface area contributed by atoms with Crippen molar-refractivity contribution in [3.8, 4) is 5.75 Å². The number of sulfone groups is 1. The van der Waals surface area contributed by atoms with Crippen molar-refractivity contribution in [1.29, 1.82) is 0 Å². The Hall–Kier alpha value is -1.83. The highest BCUT2D eigenvalue weighted by molar-refractivity contribution is 7.91. The van der Waals surface area contributed by atoms with Gasteiger partial charge in [0.15, 0.2) is 9.84 Å². The lowest BCUT2D eigenvalue weighted by atomic mass is 10.2. The fourth-order valence-corrected chi connectivity index (χ4v) is 2.80. The van der Waals surface area contributed by atoms with Gasteiger partial charge in [0.2, 0.25) is 0 Å². The summed E-state index contributed by atoms with van der Waals surface area (Å²) in [5.74, 6) is 0.375. The quantitative estimate of drug-likeness (QED) is 0.609. The van der Waals surface area contributed by atoms with Gasteiger partial charge < -0.3 is 10.1 Å². The number of non-ortho nitro benzene ring substituents is 1. The minimum atomic E-state index is -3.09. The van der Waals surface area contributed by atoms with Crippen LogP contribution in [0.2, 0.25) is 0 Å². The van der Waals surface area contributed by atoms with Crippen LogP contribution < -0.4 is 10.1 Å². The molecule has 0 spiro atoms. The lowest BCUT2D eigenvalue weighted by Crippen LogP contribution is -2.26. The second kappa shape index (κ2) is 6.56. The zero-order valence-corrected chi connectivity index (χ0v) is 12.4. The molecule has 1 aromatic carbocycles.